The van der Waals surface area contributed by atoms with Gasteiger partial charge in [-0.25, -0.2) is 0 Å². The Morgan fingerprint density at radius 3 is 2.67 bits per heavy atom. The number of fused-ring (bicyclic) bond motifs is 4. The number of benzene rings is 2. The SMILES string of the molecule is O=C(c1cccnc1)[C@@H]1[C@H](c2ccc(Cl)cc2)[C@H]2CSCN2[C@@]12C(=O)Nc1ccc(Cl)cc12. The average molecular weight is 496 g/mol. The fourth-order valence-electron chi connectivity index (χ4n) is 5.79. The molecule has 0 unspecified atom stereocenters. The third-order valence-electron chi connectivity index (χ3n) is 7.07. The summed E-state index contributed by atoms with van der Waals surface area (Å²) in [7, 11) is 0. The van der Waals surface area contributed by atoms with Gasteiger partial charge < -0.3 is 5.32 Å². The Labute approximate surface area is 205 Å². The van der Waals surface area contributed by atoms with E-state index in [9.17, 15) is 9.59 Å². The third kappa shape index (κ3) is 3.01. The van der Waals surface area contributed by atoms with E-state index in [1.807, 2.05) is 36.4 Å². The minimum atomic E-state index is -1.15. The molecule has 0 radical (unpaired) electrons. The van der Waals surface area contributed by atoms with Crippen LogP contribution < -0.4 is 5.32 Å². The summed E-state index contributed by atoms with van der Waals surface area (Å²) in [5.41, 5.74) is 1.83. The van der Waals surface area contributed by atoms with Crippen LogP contribution in [0.15, 0.2) is 67.0 Å². The molecule has 4 heterocycles. The van der Waals surface area contributed by atoms with Gasteiger partial charge in [-0.05, 0) is 48.0 Å². The van der Waals surface area contributed by atoms with Crippen molar-refractivity contribution in [3.8, 4) is 0 Å². The standard InChI is InChI=1S/C25H19Cl2N3O2S/c26-16-5-3-14(4-6-16)21-20-12-33-13-30(20)25(22(21)23(31)15-2-1-9-28-11-15)18-10-17(27)7-8-19(18)29-24(25)32/h1-11,20-22H,12-13H2,(H,29,32)/t20-,21-,22+,25-/m1/s1. The quantitative estimate of drug-likeness (QED) is 0.505. The lowest BCUT2D eigenvalue weighted by atomic mass is 9.69. The maximum Gasteiger partial charge on any atom is 0.250 e. The lowest BCUT2D eigenvalue weighted by molar-refractivity contribution is -0.127. The second kappa shape index (κ2) is 7.84. The van der Waals surface area contributed by atoms with E-state index in [1.165, 1.54) is 0 Å². The predicted molar refractivity (Wildman–Crippen MR) is 131 cm³/mol. The van der Waals surface area contributed by atoms with Crippen molar-refractivity contribution < 1.29 is 9.59 Å². The van der Waals surface area contributed by atoms with E-state index in [0.717, 1.165) is 16.9 Å². The van der Waals surface area contributed by atoms with Gasteiger partial charge in [-0.3, -0.25) is 19.5 Å². The van der Waals surface area contributed by atoms with Crippen LogP contribution in [0.1, 0.15) is 27.4 Å². The highest BCUT2D eigenvalue weighted by Crippen LogP contribution is 2.61. The van der Waals surface area contributed by atoms with E-state index in [4.69, 9.17) is 23.2 Å². The van der Waals surface area contributed by atoms with E-state index in [0.29, 0.717) is 27.2 Å². The highest BCUT2D eigenvalue weighted by Gasteiger charge is 2.69. The molecule has 0 saturated carbocycles. The van der Waals surface area contributed by atoms with Gasteiger partial charge in [-0.2, -0.15) is 0 Å². The van der Waals surface area contributed by atoms with E-state index >= 15 is 0 Å². The van der Waals surface area contributed by atoms with Gasteiger partial charge in [0, 0.05) is 62.8 Å². The minimum Gasteiger partial charge on any atom is -0.324 e. The first-order valence-corrected chi connectivity index (χ1v) is 12.6. The first-order valence-electron chi connectivity index (χ1n) is 10.7. The summed E-state index contributed by atoms with van der Waals surface area (Å²) in [5, 5.41) is 4.22. The molecule has 5 nitrogen and oxygen atoms in total. The zero-order valence-corrected chi connectivity index (χ0v) is 19.7. The molecule has 0 bridgehead atoms. The Morgan fingerprint density at radius 2 is 1.91 bits per heavy atom. The summed E-state index contributed by atoms with van der Waals surface area (Å²) in [6.07, 6.45) is 3.23. The number of halogens is 2. The number of carbonyl (C=O) groups excluding carboxylic acids is 2. The van der Waals surface area contributed by atoms with Crippen molar-refractivity contribution in [1.82, 2.24) is 9.88 Å². The predicted octanol–water partition coefficient (Wildman–Crippen LogP) is 5.21. The fraction of sp³-hybridized carbons (Fsp3) is 0.240. The minimum absolute atomic E-state index is 0.0116. The van der Waals surface area contributed by atoms with Crippen molar-refractivity contribution in [1.29, 1.82) is 0 Å². The van der Waals surface area contributed by atoms with E-state index < -0.39 is 11.5 Å². The van der Waals surface area contributed by atoms with Crippen molar-refractivity contribution in [3.63, 3.8) is 0 Å². The number of hydrogen-bond acceptors (Lipinski definition) is 5. The van der Waals surface area contributed by atoms with Gasteiger partial charge in [0.05, 0.1) is 5.92 Å². The number of hydrogen-bond donors (Lipinski definition) is 1. The molecule has 6 rings (SSSR count). The summed E-state index contributed by atoms with van der Waals surface area (Å²) in [6, 6.07) is 16.6. The Bertz CT molecular complexity index is 1270. The number of pyridine rings is 1. The molecular weight excluding hydrogens is 477 g/mol. The molecule has 3 aliphatic rings. The molecule has 2 fully saturated rings. The highest BCUT2D eigenvalue weighted by molar-refractivity contribution is 7.99. The largest absolute Gasteiger partial charge is 0.324 e. The Balaban J connectivity index is 1.63. The molecule has 3 aromatic rings. The number of nitrogens with zero attached hydrogens (tertiary/aromatic N) is 2. The lowest BCUT2D eigenvalue weighted by Gasteiger charge is -2.36. The molecule has 33 heavy (non-hydrogen) atoms. The van der Waals surface area contributed by atoms with Gasteiger partial charge >= 0.3 is 0 Å². The van der Waals surface area contributed by atoms with E-state index in [-0.39, 0.29) is 23.7 Å². The van der Waals surface area contributed by atoms with Crippen molar-refractivity contribution in [2.24, 2.45) is 5.92 Å². The molecular formula is C25H19Cl2N3O2S. The molecule has 1 spiro atoms. The van der Waals surface area contributed by atoms with Crippen LogP contribution in [0.4, 0.5) is 5.69 Å². The second-order valence-electron chi connectivity index (χ2n) is 8.61. The summed E-state index contributed by atoms with van der Waals surface area (Å²) >= 11 is 14.4. The zero-order chi connectivity index (χ0) is 22.7. The highest BCUT2D eigenvalue weighted by atomic mass is 35.5. The number of anilines is 1. The summed E-state index contributed by atoms with van der Waals surface area (Å²) in [4.78, 5) is 34.5. The van der Waals surface area contributed by atoms with Gasteiger partial charge in [0.1, 0.15) is 5.54 Å². The van der Waals surface area contributed by atoms with Crippen LogP contribution in [0.2, 0.25) is 10.0 Å². The van der Waals surface area contributed by atoms with Gasteiger partial charge in [-0.15, -0.1) is 11.8 Å². The first-order chi connectivity index (χ1) is 16.0. The van der Waals surface area contributed by atoms with Crippen LogP contribution in [-0.2, 0) is 10.3 Å². The maximum absolute atomic E-state index is 14.2. The van der Waals surface area contributed by atoms with Crippen molar-refractivity contribution in [2.45, 2.75) is 17.5 Å². The number of nitrogens with one attached hydrogen (secondary N) is 1. The Kier molecular flexibility index (Phi) is 5.03. The van der Waals surface area contributed by atoms with Crippen LogP contribution in [0, 0.1) is 5.92 Å². The number of thioether (sulfide) groups is 1. The Hall–Kier alpha value is -2.38. The van der Waals surface area contributed by atoms with Crippen molar-refractivity contribution >= 4 is 52.3 Å². The monoisotopic (exact) mass is 495 g/mol. The van der Waals surface area contributed by atoms with Crippen LogP contribution in [0.25, 0.3) is 0 Å². The van der Waals surface area contributed by atoms with Crippen LogP contribution in [0.3, 0.4) is 0 Å². The molecule has 8 heteroatoms. The molecule has 4 atom stereocenters. The van der Waals surface area contributed by atoms with Gasteiger partial charge in [0.25, 0.3) is 0 Å². The Morgan fingerprint density at radius 1 is 1.12 bits per heavy atom. The van der Waals surface area contributed by atoms with Gasteiger partial charge in [0.15, 0.2) is 5.78 Å². The molecule has 2 aromatic carbocycles. The van der Waals surface area contributed by atoms with Crippen molar-refractivity contribution in [3.05, 3.63) is 93.7 Å². The number of Topliss-reactive ketones (excluding diaryl/α,β-unsaturated/α-hetero) is 1. The first kappa shape index (κ1) is 21.2. The number of aromatic nitrogens is 1. The molecule has 2 saturated heterocycles. The summed E-state index contributed by atoms with van der Waals surface area (Å²) in [5.74, 6) is 0.380. The summed E-state index contributed by atoms with van der Waals surface area (Å²) < 4.78 is 0. The maximum atomic E-state index is 14.2. The fourth-order valence-corrected chi connectivity index (χ4v) is 7.42. The van der Waals surface area contributed by atoms with Crippen molar-refractivity contribution in [2.75, 3.05) is 16.9 Å². The third-order valence-corrected chi connectivity index (χ3v) is 8.59. The zero-order valence-electron chi connectivity index (χ0n) is 17.4. The van der Waals surface area contributed by atoms with Crippen LogP contribution in [-0.4, -0.2) is 39.2 Å². The molecule has 1 N–H and O–H groups in total. The molecule has 1 aromatic heterocycles. The molecule has 0 aliphatic carbocycles. The molecule has 1 amide bonds. The smallest absolute Gasteiger partial charge is 0.250 e. The molecule has 3 aliphatic heterocycles. The van der Waals surface area contributed by atoms with Crippen LogP contribution >= 0.6 is 35.0 Å². The number of amides is 1. The van der Waals surface area contributed by atoms with Gasteiger partial charge in [-0.1, -0.05) is 35.3 Å². The number of rotatable bonds is 3. The average Bonchev–Trinajstić information content (AvgIpc) is 3.48. The second-order valence-corrected chi connectivity index (χ2v) is 10.5. The number of ketones is 1. The van der Waals surface area contributed by atoms with Gasteiger partial charge in [0.2, 0.25) is 5.91 Å². The lowest BCUT2D eigenvalue weighted by Crippen LogP contribution is -2.52. The summed E-state index contributed by atoms with van der Waals surface area (Å²) in [6.45, 7) is 0. The topological polar surface area (TPSA) is 62.3 Å². The van der Waals surface area contributed by atoms with Crippen LogP contribution in [0.5, 0.6) is 0 Å². The van der Waals surface area contributed by atoms with E-state index in [2.05, 4.69) is 15.2 Å². The molecule has 166 valence electrons. The van der Waals surface area contributed by atoms with E-state index in [1.54, 1.807) is 42.4 Å². The number of carbonyl (C=O) groups is 2. The normalized spacial score (nSPS) is 28.1.